The van der Waals surface area contributed by atoms with E-state index in [1.54, 1.807) is 14.2 Å². The van der Waals surface area contributed by atoms with Crippen LogP contribution in [0.2, 0.25) is 0 Å². The molecule has 0 unspecified atom stereocenters. The Labute approximate surface area is 110 Å². The Morgan fingerprint density at radius 1 is 1.22 bits per heavy atom. The molecule has 1 aromatic carbocycles. The van der Waals surface area contributed by atoms with Gasteiger partial charge in [-0.25, -0.2) is 0 Å². The van der Waals surface area contributed by atoms with Gasteiger partial charge in [0.15, 0.2) is 11.5 Å². The van der Waals surface area contributed by atoms with E-state index in [2.05, 4.69) is 12.6 Å². The number of methoxy groups -OCH3 is 2. The average molecular weight is 247 g/mol. The van der Waals surface area contributed by atoms with E-state index >= 15 is 0 Å². The van der Waals surface area contributed by atoms with Gasteiger partial charge in [0, 0.05) is 6.42 Å². The first-order valence-electron chi connectivity index (χ1n) is 6.00. The molecule has 1 rings (SSSR count). The molecule has 0 aliphatic rings. The molecule has 0 N–H and O–H groups in total. The highest BCUT2D eigenvalue weighted by molar-refractivity contribution is 5.66. The van der Waals surface area contributed by atoms with Crippen LogP contribution in [0.5, 0.6) is 11.5 Å². The second-order valence-corrected chi connectivity index (χ2v) is 3.33. The first kappa shape index (κ1) is 16.1. The third-order valence-electron chi connectivity index (χ3n) is 2.33. The molecule has 0 radical (unpaired) electrons. The lowest BCUT2D eigenvalue weighted by molar-refractivity contribution is 0.355. The first-order chi connectivity index (χ1) is 8.72. The molecule has 0 saturated heterocycles. The Morgan fingerprint density at radius 3 is 2.33 bits per heavy atom. The minimum atomic E-state index is 0.479. The van der Waals surface area contributed by atoms with E-state index in [0.29, 0.717) is 24.3 Å². The Bertz CT molecular complexity index is 419. The molecule has 0 aromatic heterocycles. The van der Waals surface area contributed by atoms with Crippen molar-refractivity contribution < 1.29 is 9.47 Å². The zero-order valence-electron chi connectivity index (χ0n) is 11.6. The monoisotopic (exact) mass is 247 g/mol. The van der Waals surface area contributed by atoms with Crippen LogP contribution in [0.1, 0.15) is 32.3 Å². The molecule has 0 aliphatic heterocycles. The van der Waals surface area contributed by atoms with Crippen molar-refractivity contribution in [3.8, 4) is 17.6 Å². The van der Waals surface area contributed by atoms with Crippen molar-refractivity contribution in [2.45, 2.75) is 26.7 Å². The fourth-order valence-electron chi connectivity index (χ4n) is 1.41. The number of rotatable bonds is 5. The van der Waals surface area contributed by atoms with Crippen LogP contribution in [0.4, 0.5) is 0 Å². The predicted octanol–water partition coefficient (Wildman–Crippen LogP) is 4.05. The Hall–Kier alpha value is -1.95. The number of benzene rings is 1. The molecular weight excluding hydrogens is 226 g/mol. The van der Waals surface area contributed by atoms with Crippen LogP contribution in [0.15, 0.2) is 24.8 Å². The van der Waals surface area contributed by atoms with Crippen molar-refractivity contribution in [1.29, 1.82) is 5.26 Å². The van der Waals surface area contributed by atoms with Crippen molar-refractivity contribution in [3.63, 3.8) is 0 Å². The summed E-state index contributed by atoms with van der Waals surface area (Å²) in [7, 11) is 3.20. The summed E-state index contributed by atoms with van der Waals surface area (Å²) in [6.45, 7) is 7.95. The standard InChI is InChI=1S/C13H15NO2.C2H6/c1-10(5-4-8-14)11-6-7-12(15-2)13(9-11)16-3;1-2/h6-7,9H,1,4-5H2,2-3H3;1-2H3. The molecule has 0 bridgehead atoms. The summed E-state index contributed by atoms with van der Waals surface area (Å²) in [5, 5.41) is 8.51. The SMILES string of the molecule is C=C(CCC#N)c1ccc(OC)c(OC)c1.CC. The highest BCUT2D eigenvalue weighted by Crippen LogP contribution is 2.30. The molecule has 98 valence electrons. The minimum Gasteiger partial charge on any atom is -0.493 e. The van der Waals surface area contributed by atoms with Gasteiger partial charge in [-0.2, -0.15) is 5.26 Å². The lowest BCUT2D eigenvalue weighted by Gasteiger charge is -2.10. The number of ether oxygens (including phenoxy) is 2. The minimum absolute atomic E-state index is 0.479. The van der Waals surface area contributed by atoms with Crippen molar-refractivity contribution in [3.05, 3.63) is 30.3 Å². The number of allylic oxidation sites excluding steroid dienone is 1. The summed E-state index contributed by atoms with van der Waals surface area (Å²) in [5.41, 5.74) is 1.91. The fraction of sp³-hybridized carbons (Fsp3) is 0.400. The quantitative estimate of drug-likeness (QED) is 0.788. The first-order valence-corrected chi connectivity index (χ1v) is 6.00. The number of hydrogen-bond acceptors (Lipinski definition) is 3. The third kappa shape index (κ3) is 4.50. The fourth-order valence-corrected chi connectivity index (χ4v) is 1.41. The molecule has 18 heavy (non-hydrogen) atoms. The van der Waals surface area contributed by atoms with E-state index in [-0.39, 0.29) is 0 Å². The second kappa shape index (κ2) is 9.12. The summed E-state index contributed by atoms with van der Waals surface area (Å²) in [5.74, 6) is 1.37. The molecule has 0 atom stereocenters. The molecule has 0 aliphatic carbocycles. The van der Waals surface area contributed by atoms with Gasteiger partial charge in [-0.15, -0.1) is 0 Å². The molecule has 0 fully saturated rings. The van der Waals surface area contributed by atoms with Gasteiger partial charge in [0.05, 0.1) is 20.3 Å². The largest absolute Gasteiger partial charge is 0.493 e. The van der Waals surface area contributed by atoms with E-state index in [0.717, 1.165) is 11.1 Å². The van der Waals surface area contributed by atoms with Crippen molar-refractivity contribution in [2.75, 3.05) is 14.2 Å². The zero-order valence-corrected chi connectivity index (χ0v) is 11.6. The molecule has 0 amide bonds. The Balaban J connectivity index is 0.00000137. The van der Waals surface area contributed by atoms with Gasteiger partial charge in [-0.1, -0.05) is 26.5 Å². The molecule has 0 saturated carbocycles. The summed E-state index contributed by atoms with van der Waals surface area (Å²) in [6.07, 6.45) is 1.15. The van der Waals surface area contributed by atoms with Crippen molar-refractivity contribution in [1.82, 2.24) is 0 Å². The summed E-state index contributed by atoms with van der Waals surface area (Å²) in [4.78, 5) is 0. The highest BCUT2D eigenvalue weighted by atomic mass is 16.5. The lowest BCUT2D eigenvalue weighted by Crippen LogP contribution is -1.92. The average Bonchev–Trinajstić information content (AvgIpc) is 2.45. The van der Waals surface area contributed by atoms with Gasteiger partial charge in [-0.05, 0) is 29.7 Å². The summed E-state index contributed by atoms with van der Waals surface area (Å²) >= 11 is 0. The van der Waals surface area contributed by atoms with E-state index in [1.807, 2.05) is 32.0 Å². The van der Waals surface area contributed by atoms with Crippen molar-refractivity contribution >= 4 is 5.57 Å². The van der Waals surface area contributed by atoms with Gasteiger partial charge < -0.3 is 9.47 Å². The second-order valence-electron chi connectivity index (χ2n) is 3.33. The number of nitriles is 1. The molecule has 3 nitrogen and oxygen atoms in total. The molecule has 3 heteroatoms. The predicted molar refractivity (Wildman–Crippen MR) is 74.8 cm³/mol. The van der Waals surface area contributed by atoms with E-state index < -0.39 is 0 Å². The highest BCUT2D eigenvalue weighted by Gasteiger charge is 2.06. The van der Waals surface area contributed by atoms with Crippen LogP contribution in [0.25, 0.3) is 5.57 Å². The maximum Gasteiger partial charge on any atom is 0.161 e. The summed E-state index contributed by atoms with van der Waals surface area (Å²) in [6, 6.07) is 7.73. The van der Waals surface area contributed by atoms with Crippen LogP contribution >= 0.6 is 0 Å². The molecule has 0 spiro atoms. The van der Waals surface area contributed by atoms with E-state index in [9.17, 15) is 0 Å². The van der Waals surface area contributed by atoms with Crippen LogP contribution in [-0.2, 0) is 0 Å². The van der Waals surface area contributed by atoms with Crippen molar-refractivity contribution in [2.24, 2.45) is 0 Å². The third-order valence-corrected chi connectivity index (χ3v) is 2.33. The number of nitrogens with zero attached hydrogens (tertiary/aromatic N) is 1. The molecule has 0 heterocycles. The van der Waals surface area contributed by atoms with Gasteiger partial charge in [0.1, 0.15) is 0 Å². The topological polar surface area (TPSA) is 42.2 Å². The normalized spacial score (nSPS) is 8.61. The van der Waals surface area contributed by atoms with Gasteiger partial charge >= 0.3 is 0 Å². The maximum absolute atomic E-state index is 8.51. The van der Waals surface area contributed by atoms with Gasteiger partial charge in [0.2, 0.25) is 0 Å². The van der Waals surface area contributed by atoms with Crippen LogP contribution in [0.3, 0.4) is 0 Å². The molecular formula is C15H21NO2. The van der Waals surface area contributed by atoms with E-state index in [4.69, 9.17) is 14.7 Å². The lowest BCUT2D eigenvalue weighted by atomic mass is 10.0. The Morgan fingerprint density at radius 2 is 1.83 bits per heavy atom. The smallest absolute Gasteiger partial charge is 0.161 e. The van der Waals surface area contributed by atoms with Crippen LogP contribution < -0.4 is 9.47 Å². The Kier molecular flexibility index (Phi) is 8.13. The van der Waals surface area contributed by atoms with Crippen LogP contribution in [0, 0.1) is 11.3 Å². The van der Waals surface area contributed by atoms with Gasteiger partial charge in [-0.3, -0.25) is 0 Å². The maximum atomic E-state index is 8.51. The van der Waals surface area contributed by atoms with Crippen LogP contribution in [-0.4, -0.2) is 14.2 Å². The number of hydrogen-bond donors (Lipinski definition) is 0. The van der Waals surface area contributed by atoms with E-state index in [1.165, 1.54) is 0 Å². The summed E-state index contributed by atoms with van der Waals surface area (Å²) < 4.78 is 10.3. The zero-order chi connectivity index (χ0) is 14.0. The molecule has 1 aromatic rings. The van der Waals surface area contributed by atoms with Gasteiger partial charge in [0.25, 0.3) is 0 Å².